The van der Waals surface area contributed by atoms with Gasteiger partial charge in [-0.25, -0.2) is 4.98 Å². The van der Waals surface area contributed by atoms with E-state index in [9.17, 15) is 4.79 Å². The molecule has 33 heavy (non-hydrogen) atoms. The molecule has 3 aromatic rings. The highest BCUT2D eigenvalue weighted by molar-refractivity contribution is 7.17. The van der Waals surface area contributed by atoms with Gasteiger partial charge in [-0.3, -0.25) is 15.1 Å². The van der Waals surface area contributed by atoms with Gasteiger partial charge in [0.25, 0.3) is 11.1 Å². The number of aromatic nitrogens is 4. The van der Waals surface area contributed by atoms with Crippen LogP contribution in [0.25, 0.3) is 11.1 Å². The van der Waals surface area contributed by atoms with Gasteiger partial charge in [-0.1, -0.05) is 16.7 Å². The van der Waals surface area contributed by atoms with Gasteiger partial charge in [-0.15, -0.1) is 5.10 Å². The molecule has 0 aliphatic carbocycles. The van der Waals surface area contributed by atoms with E-state index in [1.54, 1.807) is 12.1 Å². The van der Waals surface area contributed by atoms with Crippen LogP contribution in [0.1, 0.15) is 35.8 Å². The summed E-state index contributed by atoms with van der Waals surface area (Å²) in [4.78, 5) is 21.4. The van der Waals surface area contributed by atoms with Crippen molar-refractivity contribution in [2.24, 2.45) is 5.92 Å². The van der Waals surface area contributed by atoms with E-state index in [0.29, 0.717) is 51.4 Å². The van der Waals surface area contributed by atoms with Gasteiger partial charge in [0.2, 0.25) is 5.13 Å². The maximum Gasteiger partial charge on any atom is 0.295 e. The van der Waals surface area contributed by atoms with Crippen LogP contribution in [0.3, 0.4) is 0 Å². The minimum Gasteiger partial charge on any atom is -0.494 e. The molecule has 0 bridgehead atoms. The molecule has 1 saturated heterocycles. The first-order valence-electron chi connectivity index (χ1n) is 10.5. The summed E-state index contributed by atoms with van der Waals surface area (Å²) in [6, 6.07) is 3.45. The van der Waals surface area contributed by atoms with Crippen molar-refractivity contribution in [1.82, 2.24) is 20.2 Å². The monoisotopic (exact) mass is 489 g/mol. The Bertz CT molecular complexity index is 1140. The molecule has 0 aromatic carbocycles. The molecule has 4 rings (SSSR count). The van der Waals surface area contributed by atoms with Gasteiger partial charge >= 0.3 is 0 Å². The molecule has 1 fully saturated rings. The molecule has 1 N–H and O–H groups in total. The molecule has 0 spiro atoms. The minimum absolute atomic E-state index is 0.288. The molecule has 174 valence electrons. The second-order valence-corrected chi connectivity index (χ2v) is 9.12. The van der Waals surface area contributed by atoms with E-state index in [1.165, 1.54) is 30.8 Å². The Labute approximate surface area is 200 Å². The number of halogens is 1. The quantitative estimate of drug-likeness (QED) is 0.463. The maximum atomic E-state index is 13.1. The number of methoxy groups -OCH3 is 1. The van der Waals surface area contributed by atoms with Gasteiger partial charge in [0.15, 0.2) is 0 Å². The number of anilines is 1. The van der Waals surface area contributed by atoms with Crippen LogP contribution in [0.5, 0.6) is 10.9 Å². The predicted molar refractivity (Wildman–Crippen MR) is 125 cm³/mol. The number of nitrogens with zero attached hydrogens (tertiary/aromatic N) is 4. The van der Waals surface area contributed by atoms with E-state index in [4.69, 9.17) is 25.8 Å². The van der Waals surface area contributed by atoms with Gasteiger partial charge in [0, 0.05) is 29.6 Å². The van der Waals surface area contributed by atoms with Crippen LogP contribution in [0.15, 0.2) is 24.5 Å². The second-order valence-electron chi connectivity index (χ2n) is 7.79. The van der Waals surface area contributed by atoms with Crippen molar-refractivity contribution in [3.63, 3.8) is 0 Å². The van der Waals surface area contributed by atoms with E-state index in [0.717, 1.165) is 25.1 Å². The van der Waals surface area contributed by atoms with Crippen LogP contribution in [0, 0.1) is 12.8 Å². The van der Waals surface area contributed by atoms with Crippen molar-refractivity contribution in [1.29, 1.82) is 0 Å². The Hall–Kier alpha value is -2.82. The fourth-order valence-corrected chi connectivity index (χ4v) is 4.43. The molecule has 1 aliphatic heterocycles. The second kappa shape index (κ2) is 10.4. The molecule has 11 heteroatoms. The molecule has 2 atom stereocenters. The third-order valence-electron chi connectivity index (χ3n) is 5.29. The molecular weight excluding hydrogens is 466 g/mol. The first kappa shape index (κ1) is 23.3. The highest BCUT2D eigenvalue weighted by atomic mass is 35.5. The zero-order valence-electron chi connectivity index (χ0n) is 18.5. The fraction of sp³-hybridized carbons (Fsp3) is 0.409. The van der Waals surface area contributed by atoms with Crippen molar-refractivity contribution in [2.45, 2.75) is 32.8 Å². The summed E-state index contributed by atoms with van der Waals surface area (Å²) in [5, 5.41) is 11.8. The highest BCUT2D eigenvalue weighted by Gasteiger charge is 2.22. The van der Waals surface area contributed by atoms with Gasteiger partial charge < -0.3 is 14.2 Å². The van der Waals surface area contributed by atoms with Gasteiger partial charge in [0.05, 0.1) is 31.6 Å². The molecule has 0 unspecified atom stereocenters. The number of carbonyl (C=O) groups excluding carboxylic acids is 1. The lowest BCUT2D eigenvalue weighted by molar-refractivity contribution is 0.102. The Morgan fingerprint density at radius 2 is 2.12 bits per heavy atom. The molecule has 3 aromatic heterocycles. The summed E-state index contributed by atoms with van der Waals surface area (Å²) in [7, 11) is 1.53. The van der Waals surface area contributed by atoms with Crippen molar-refractivity contribution in [3.05, 3.63) is 40.9 Å². The van der Waals surface area contributed by atoms with E-state index in [-0.39, 0.29) is 11.1 Å². The summed E-state index contributed by atoms with van der Waals surface area (Å²) < 4.78 is 16.7. The van der Waals surface area contributed by atoms with Gasteiger partial charge in [-0.2, -0.15) is 0 Å². The van der Waals surface area contributed by atoms with Crippen LogP contribution in [0.2, 0.25) is 5.15 Å². The summed E-state index contributed by atoms with van der Waals surface area (Å²) >= 11 is 7.27. The first-order valence-corrected chi connectivity index (χ1v) is 11.7. The lowest BCUT2D eigenvalue weighted by Crippen LogP contribution is -2.14. The third kappa shape index (κ3) is 5.76. The van der Waals surface area contributed by atoms with E-state index in [2.05, 4.69) is 32.4 Å². The summed E-state index contributed by atoms with van der Waals surface area (Å²) in [6.45, 7) is 5.21. The van der Waals surface area contributed by atoms with Gasteiger partial charge in [-0.05, 0) is 56.1 Å². The number of rotatable bonds is 8. The van der Waals surface area contributed by atoms with Crippen molar-refractivity contribution >= 4 is 34.0 Å². The normalized spacial score (nSPS) is 17.7. The van der Waals surface area contributed by atoms with E-state index < -0.39 is 0 Å². The lowest BCUT2D eigenvalue weighted by Gasteiger charge is -2.13. The predicted octanol–water partition coefficient (Wildman–Crippen LogP) is 4.41. The SMILES string of the molecule is COc1cnc(Cl)cc1-c1cc(C)ncc1C(=O)Nc1nnc(OCC[C@H]2CO[C@@H](C)C2)s1. The molecule has 9 nitrogen and oxygen atoms in total. The van der Waals surface area contributed by atoms with Crippen LogP contribution < -0.4 is 14.8 Å². The number of nitrogens with one attached hydrogen (secondary N) is 1. The van der Waals surface area contributed by atoms with Gasteiger partial charge in [0.1, 0.15) is 10.9 Å². The number of ether oxygens (including phenoxy) is 3. The first-order chi connectivity index (χ1) is 15.9. The van der Waals surface area contributed by atoms with Crippen LogP contribution in [-0.4, -0.2) is 52.5 Å². The maximum absolute atomic E-state index is 13.1. The Morgan fingerprint density at radius 1 is 1.27 bits per heavy atom. The van der Waals surface area contributed by atoms with E-state index in [1.807, 2.05) is 6.92 Å². The minimum atomic E-state index is -0.382. The third-order valence-corrected chi connectivity index (χ3v) is 6.25. The number of hydrogen-bond donors (Lipinski definition) is 1. The summed E-state index contributed by atoms with van der Waals surface area (Å²) in [6.07, 6.45) is 5.27. The molecule has 1 amide bonds. The van der Waals surface area contributed by atoms with Crippen molar-refractivity contribution in [2.75, 3.05) is 25.6 Å². The largest absolute Gasteiger partial charge is 0.494 e. The molecule has 0 saturated carbocycles. The number of aryl methyl sites for hydroxylation is 1. The Balaban J connectivity index is 1.46. The Kier molecular flexibility index (Phi) is 7.36. The fourth-order valence-electron chi connectivity index (χ4n) is 3.66. The van der Waals surface area contributed by atoms with Crippen LogP contribution in [-0.2, 0) is 4.74 Å². The van der Waals surface area contributed by atoms with Crippen molar-refractivity contribution in [3.8, 4) is 22.1 Å². The molecule has 4 heterocycles. The zero-order chi connectivity index (χ0) is 23.4. The smallest absolute Gasteiger partial charge is 0.295 e. The number of amides is 1. The average Bonchev–Trinajstić information content (AvgIpc) is 3.42. The average molecular weight is 490 g/mol. The molecular formula is C22H24ClN5O4S. The number of pyridine rings is 2. The standard InChI is InChI=1S/C22H24ClN5O4S/c1-12-6-15(16-8-19(23)25-10-18(16)30-3)17(9-24-12)20(29)26-21-27-28-22(33-21)31-5-4-14-7-13(2)32-11-14/h6,8-10,13-14H,4-5,7,11H2,1-3H3,(H,26,27,29)/t13-,14+/m0/s1. The van der Waals surface area contributed by atoms with Crippen LogP contribution in [0.4, 0.5) is 5.13 Å². The topological polar surface area (TPSA) is 108 Å². The zero-order valence-corrected chi connectivity index (χ0v) is 20.1. The Morgan fingerprint density at radius 3 is 2.88 bits per heavy atom. The number of carbonyl (C=O) groups is 1. The molecule has 1 aliphatic rings. The van der Waals surface area contributed by atoms with E-state index >= 15 is 0 Å². The number of hydrogen-bond acceptors (Lipinski definition) is 9. The molecule has 0 radical (unpaired) electrons. The van der Waals surface area contributed by atoms with Crippen molar-refractivity contribution < 1.29 is 19.0 Å². The highest BCUT2D eigenvalue weighted by Crippen LogP contribution is 2.34. The lowest BCUT2D eigenvalue weighted by atomic mass is 10.0. The van der Waals surface area contributed by atoms with Crippen LogP contribution >= 0.6 is 22.9 Å². The summed E-state index contributed by atoms with van der Waals surface area (Å²) in [5.74, 6) is 0.609. The summed E-state index contributed by atoms with van der Waals surface area (Å²) in [5.41, 5.74) is 2.34.